The molecule has 4 N–H and O–H groups in total. The van der Waals surface area contributed by atoms with Gasteiger partial charge in [-0.2, -0.15) is 4.31 Å². The van der Waals surface area contributed by atoms with E-state index in [4.69, 9.17) is 38.9 Å². The summed E-state index contributed by atoms with van der Waals surface area (Å²) in [7, 11) is -2.60. The zero-order chi connectivity index (χ0) is 36.2. The Morgan fingerprint density at radius 3 is 2.56 bits per heavy atom. The van der Waals surface area contributed by atoms with Gasteiger partial charge in [-0.15, -0.1) is 0 Å². The molecule has 5 rings (SSSR count). The molecule has 3 aromatic carbocycles. The lowest BCUT2D eigenvalue weighted by molar-refractivity contribution is -0.133. The highest BCUT2D eigenvalue weighted by Gasteiger charge is 2.41. The number of likely N-dealkylation sites (N-methyl/N-ethyl adjacent to an activating group) is 1. The molecule has 0 saturated carbocycles. The standard InChI is InChI=1S/C35H38Cl2N6O6S/c1-21-19-22(2)40-32-25(21)7-4-9-29(32)49-20-26-27(36)14-15-30(31(26)37)50(47,48)43-18-5-8-28(43)35(45)42(3)17-6-16-39-34(44)24-12-10-23(11-13-24)33(38)41-46/h4,7,9-15,19,28,46H,5-6,8,16-18,20H2,1-3H3,(H2,38,41)(H,39,44)/t28-/m0/s1. The molecule has 4 aromatic rings. The molecule has 0 radical (unpaired) electrons. The molecule has 50 heavy (non-hydrogen) atoms. The molecule has 1 aromatic heterocycles. The largest absolute Gasteiger partial charge is 0.487 e. The van der Waals surface area contributed by atoms with Crippen LogP contribution in [0.5, 0.6) is 5.75 Å². The van der Waals surface area contributed by atoms with Crippen molar-refractivity contribution in [1.82, 2.24) is 19.5 Å². The Hall–Kier alpha value is -4.43. The molecule has 2 heterocycles. The van der Waals surface area contributed by atoms with E-state index >= 15 is 0 Å². The minimum Gasteiger partial charge on any atom is -0.487 e. The number of para-hydroxylation sites is 1. The van der Waals surface area contributed by atoms with E-state index < -0.39 is 16.1 Å². The third kappa shape index (κ3) is 7.81. The van der Waals surface area contributed by atoms with Gasteiger partial charge in [0.1, 0.15) is 28.8 Å². The number of nitrogens with zero attached hydrogens (tertiary/aromatic N) is 4. The van der Waals surface area contributed by atoms with Gasteiger partial charge in [-0.3, -0.25) is 9.59 Å². The highest BCUT2D eigenvalue weighted by atomic mass is 35.5. The fourth-order valence-corrected chi connectivity index (χ4v) is 8.48. The smallest absolute Gasteiger partial charge is 0.251 e. The minimum atomic E-state index is -4.20. The number of hydrogen-bond donors (Lipinski definition) is 3. The van der Waals surface area contributed by atoms with Crippen molar-refractivity contribution in [3.8, 4) is 5.75 Å². The van der Waals surface area contributed by atoms with Crippen molar-refractivity contribution >= 4 is 61.8 Å². The average Bonchev–Trinajstić information content (AvgIpc) is 3.60. The van der Waals surface area contributed by atoms with Crippen molar-refractivity contribution in [2.45, 2.75) is 50.7 Å². The van der Waals surface area contributed by atoms with Gasteiger partial charge in [0.2, 0.25) is 15.9 Å². The molecular formula is C35H38Cl2N6O6S. The summed E-state index contributed by atoms with van der Waals surface area (Å²) in [6.07, 6.45) is 1.30. The molecular weight excluding hydrogens is 703 g/mol. The zero-order valence-corrected chi connectivity index (χ0v) is 30.1. The van der Waals surface area contributed by atoms with Gasteiger partial charge in [0.05, 0.1) is 5.02 Å². The summed E-state index contributed by atoms with van der Waals surface area (Å²) in [6.45, 7) is 4.52. The number of fused-ring (bicyclic) bond motifs is 1. The topological polar surface area (TPSA) is 168 Å². The molecule has 12 nitrogen and oxygen atoms in total. The van der Waals surface area contributed by atoms with Gasteiger partial charge in [-0.1, -0.05) is 52.6 Å². The summed E-state index contributed by atoms with van der Waals surface area (Å²) < 4.78 is 35.4. The summed E-state index contributed by atoms with van der Waals surface area (Å²) in [5, 5.41) is 15.6. The number of carbonyl (C=O) groups is 2. The van der Waals surface area contributed by atoms with Crippen LogP contribution in [0.4, 0.5) is 0 Å². The van der Waals surface area contributed by atoms with Crippen LogP contribution in [0.15, 0.2) is 70.7 Å². The van der Waals surface area contributed by atoms with Gasteiger partial charge in [0.25, 0.3) is 5.91 Å². The third-order valence-electron chi connectivity index (χ3n) is 8.62. The van der Waals surface area contributed by atoms with E-state index in [0.717, 1.165) is 16.6 Å². The number of benzene rings is 3. The van der Waals surface area contributed by atoms with Gasteiger partial charge >= 0.3 is 0 Å². The fraction of sp³-hybridized carbons (Fsp3) is 0.314. The molecule has 1 atom stereocenters. The second-order valence-corrected chi connectivity index (χ2v) is 14.7. The highest BCUT2D eigenvalue weighted by molar-refractivity contribution is 7.89. The number of aromatic nitrogens is 1. The maximum atomic E-state index is 14.0. The highest BCUT2D eigenvalue weighted by Crippen LogP contribution is 2.37. The maximum absolute atomic E-state index is 14.0. The predicted molar refractivity (Wildman–Crippen MR) is 192 cm³/mol. The first-order valence-corrected chi connectivity index (χ1v) is 18.1. The van der Waals surface area contributed by atoms with Gasteiger partial charge in [0.15, 0.2) is 5.84 Å². The van der Waals surface area contributed by atoms with Crippen LogP contribution in [0.25, 0.3) is 10.9 Å². The number of halogens is 2. The number of sulfonamides is 1. The van der Waals surface area contributed by atoms with Crippen LogP contribution in [0.3, 0.4) is 0 Å². The first-order chi connectivity index (χ1) is 23.8. The summed E-state index contributed by atoms with van der Waals surface area (Å²) in [5.41, 5.74) is 9.29. The van der Waals surface area contributed by atoms with Crippen LogP contribution in [-0.2, 0) is 21.4 Å². The Labute approximate surface area is 300 Å². The first kappa shape index (κ1) is 36.8. The minimum absolute atomic E-state index is 0.0651. The average molecular weight is 742 g/mol. The lowest BCUT2D eigenvalue weighted by atomic mass is 10.1. The molecule has 15 heteroatoms. The maximum Gasteiger partial charge on any atom is 0.251 e. The predicted octanol–water partition coefficient (Wildman–Crippen LogP) is 5.26. The quantitative estimate of drug-likeness (QED) is 0.0581. The Morgan fingerprint density at radius 1 is 1.12 bits per heavy atom. The number of pyridine rings is 1. The van der Waals surface area contributed by atoms with Crippen LogP contribution in [-0.4, -0.2) is 78.2 Å². The zero-order valence-electron chi connectivity index (χ0n) is 27.8. The van der Waals surface area contributed by atoms with Crippen molar-refractivity contribution in [2.75, 3.05) is 26.7 Å². The molecule has 1 aliphatic rings. The molecule has 1 fully saturated rings. The third-order valence-corrected chi connectivity index (χ3v) is 11.5. The van der Waals surface area contributed by atoms with Crippen LogP contribution in [0.2, 0.25) is 10.0 Å². The Kier molecular flexibility index (Phi) is 11.5. The van der Waals surface area contributed by atoms with E-state index in [1.807, 2.05) is 32.0 Å². The molecule has 1 saturated heterocycles. The van der Waals surface area contributed by atoms with Crippen molar-refractivity contribution < 1.29 is 28.0 Å². The second-order valence-electron chi connectivity index (χ2n) is 12.1. The van der Waals surface area contributed by atoms with Crippen LogP contribution >= 0.6 is 23.2 Å². The van der Waals surface area contributed by atoms with Gasteiger partial charge in [0, 0.05) is 59.5 Å². The van der Waals surface area contributed by atoms with Crippen LogP contribution in [0, 0.1) is 13.8 Å². The van der Waals surface area contributed by atoms with Crippen molar-refractivity contribution in [2.24, 2.45) is 10.9 Å². The van der Waals surface area contributed by atoms with E-state index in [1.54, 1.807) is 37.4 Å². The number of amides is 2. The molecule has 2 amide bonds. The van der Waals surface area contributed by atoms with E-state index in [-0.39, 0.29) is 58.8 Å². The fourth-order valence-electron chi connectivity index (χ4n) is 5.97. The monoisotopic (exact) mass is 740 g/mol. The number of amidine groups is 1. The molecule has 0 bridgehead atoms. The normalized spacial score (nSPS) is 15.3. The van der Waals surface area contributed by atoms with E-state index in [1.165, 1.54) is 21.3 Å². The number of rotatable bonds is 12. The number of oxime groups is 1. The number of ether oxygens (including phenoxy) is 1. The van der Waals surface area contributed by atoms with E-state index in [9.17, 15) is 18.0 Å². The van der Waals surface area contributed by atoms with Gasteiger partial charge < -0.3 is 25.9 Å². The Morgan fingerprint density at radius 2 is 1.84 bits per heavy atom. The second kappa shape index (κ2) is 15.6. The number of nitrogens with one attached hydrogen (secondary N) is 1. The number of aryl methyl sites for hydroxylation is 2. The molecule has 0 spiro atoms. The molecule has 0 unspecified atom stereocenters. The number of hydrogen-bond acceptors (Lipinski definition) is 8. The number of carbonyl (C=O) groups excluding carboxylic acids is 2. The summed E-state index contributed by atoms with van der Waals surface area (Å²) in [4.78, 5) is 32.0. The lowest BCUT2D eigenvalue weighted by Crippen LogP contribution is -2.47. The summed E-state index contributed by atoms with van der Waals surface area (Å²) in [5.74, 6) is -0.221. The molecule has 0 aliphatic carbocycles. The first-order valence-electron chi connectivity index (χ1n) is 15.9. The van der Waals surface area contributed by atoms with Crippen LogP contribution in [0.1, 0.15) is 52.0 Å². The SMILES string of the molecule is Cc1cc(C)c2cccc(OCc3c(Cl)ccc(S(=O)(=O)N4CCC[C@H]4C(=O)N(C)CCCNC(=O)c4ccc(C(N)=NO)cc4)c3Cl)c2n1. The Bertz CT molecular complexity index is 2060. The van der Waals surface area contributed by atoms with Crippen molar-refractivity contribution in [1.29, 1.82) is 0 Å². The molecule has 264 valence electrons. The van der Waals surface area contributed by atoms with Gasteiger partial charge in [-0.25, -0.2) is 13.4 Å². The summed E-state index contributed by atoms with van der Waals surface area (Å²) >= 11 is 13.3. The lowest BCUT2D eigenvalue weighted by Gasteiger charge is -2.28. The Balaban J connectivity index is 1.23. The summed E-state index contributed by atoms with van der Waals surface area (Å²) in [6, 6.07) is 15.7. The number of nitrogens with two attached hydrogens (primary N) is 1. The van der Waals surface area contributed by atoms with Gasteiger partial charge in [-0.05, 0) is 75.1 Å². The van der Waals surface area contributed by atoms with Crippen molar-refractivity contribution in [3.63, 3.8) is 0 Å². The van der Waals surface area contributed by atoms with E-state index in [0.29, 0.717) is 47.2 Å². The van der Waals surface area contributed by atoms with Crippen LogP contribution < -0.4 is 15.8 Å². The van der Waals surface area contributed by atoms with E-state index in [2.05, 4.69) is 15.5 Å². The van der Waals surface area contributed by atoms with Crippen molar-refractivity contribution in [3.05, 3.63) is 98.7 Å². The molecule has 1 aliphatic heterocycles.